The van der Waals surface area contributed by atoms with Crippen LogP contribution in [0.5, 0.6) is 0 Å². The first kappa shape index (κ1) is 18.2. The van der Waals surface area contributed by atoms with Crippen molar-refractivity contribution in [3.05, 3.63) is 65.6 Å². The second kappa shape index (κ2) is 7.21. The Balaban J connectivity index is 1.54. The van der Waals surface area contributed by atoms with Gasteiger partial charge in [0.1, 0.15) is 5.82 Å². The van der Waals surface area contributed by atoms with Gasteiger partial charge in [0, 0.05) is 20.4 Å². The third-order valence-electron chi connectivity index (χ3n) is 5.26. The zero-order valence-electron chi connectivity index (χ0n) is 15.0. The molecule has 142 valence electrons. The zero-order valence-corrected chi connectivity index (χ0v) is 18.3. The molecule has 0 unspecified atom stereocenters. The van der Waals surface area contributed by atoms with Crippen LogP contribution in [0, 0.1) is 0 Å². The summed E-state index contributed by atoms with van der Waals surface area (Å²) in [5, 5.41) is 0. The van der Waals surface area contributed by atoms with Crippen molar-refractivity contribution in [1.29, 1.82) is 0 Å². The van der Waals surface area contributed by atoms with Crippen LogP contribution in [0.25, 0.3) is 0 Å². The molecule has 0 bridgehead atoms. The highest BCUT2D eigenvalue weighted by Crippen LogP contribution is 2.34. The fourth-order valence-corrected chi connectivity index (χ4v) is 6.49. The fourth-order valence-electron chi connectivity index (χ4n) is 3.89. The zero-order chi connectivity index (χ0) is 19.3. The minimum Gasteiger partial charge on any atom is -0.267 e. The van der Waals surface area contributed by atoms with Crippen LogP contribution >= 0.6 is 38.6 Å². The molecule has 3 heterocycles. The number of hydrogen-bond acceptors (Lipinski definition) is 5. The van der Waals surface area contributed by atoms with E-state index >= 15 is 0 Å². The van der Waals surface area contributed by atoms with Crippen LogP contribution in [-0.2, 0) is 25.7 Å². The normalized spacial score (nSPS) is 14.8. The van der Waals surface area contributed by atoms with Crippen molar-refractivity contribution in [3.8, 4) is 0 Å². The summed E-state index contributed by atoms with van der Waals surface area (Å²) in [5.41, 5.74) is 2.50. The van der Waals surface area contributed by atoms with E-state index in [0.717, 1.165) is 43.0 Å². The van der Waals surface area contributed by atoms with Gasteiger partial charge in [0.2, 0.25) is 0 Å². The lowest BCUT2D eigenvalue weighted by Gasteiger charge is -2.18. The minimum atomic E-state index is -0.284. The number of aryl methyl sites for hydroxylation is 4. The van der Waals surface area contributed by atoms with Gasteiger partial charge in [-0.15, -0.1) is 22.7 Å². The maximum atomic E-state index is 13.4. The van der Waals surface area contributed by atoms with Crippen molar-refractivity contribution >= 4 is 56.2 Å². The first-order chi connectivity index (χ1) is 13.6. The number of halogens is 1. The molecule has 2 aliphatic carbocycles. The van der Waals surface area contributed by atoms with Crippen molar-refractivity contribution in [2.24, 2.45) is 0 Å². The summed E-state index contributed by atoms with van der Waals surface area (Å²) in [6, 6.07) is 7.44. The average Bonchev–Trinajstić information content (AvgIpc) is 3.42. The Morgan fingerprint density at radius 2 is 1.46 bits per heavy atom. The van der Waals surface area contributed by atoms with Crippen molar-refractivity contribution in [3.63, 3.8) is 0 Å². The van der Waals surface area contributed by atoms with Gasteiger partial charge >= 0.3 is 0 Å². The highest BCUT2D eigenvalue weighted by atomic mass is 79.9. The summed E-state index contributed by atoms with van der Waals surface area (Å²) < 4.78 is 0.807. The standard InChI is InChI=1S/C21H17BrN2O2S2/c22-14-7-8-19(23-11-14)24(20(25)17-9-12-3-1-5-15(12)27-17)21(26)18-10-13-4-2-6-16(13)28-18/h7-11H,1-6H2. The van der Waals surface area contributed by atoms with E-state index in [1.807, 2.05) is 12.1 Å². The highest BCUT2D eigenvalue weighted by molar-refractivity contribution is 9.10. The summed E-state index contributed by atoms with van der Waals surface area (Å²) >= 11 is 6.40. The number of thiophene rings is 2. The molecular formula is C21H17BrN2O2S2. The Labute approximate surface area is 179 Å². The average molecular weight is 473 g/mol. The number of hydrogen-bond donors (Lipinski definition) is 0. The molecule has 0 saturated heterocycles. The fraction of sp³-hybridized carbons (Fsp3) is 0.286. The van der Waals surface area contributed by atoms with Crippen LogP contribution in [0.15, 0.2) is 34.9 Å². The van der Waals surface area contributed by atoms with E-state index in [4.69, 9.17) is 0 Å². The number of amides is 2. The minimum absolute atomic E-state index is 0.284. The second-order valence-electron chi connectivity index (χ2n) is 7.11. The highest BCUT2D eigenvalue weighted by Gasteiger charge is 2.31. The van der Waals surface area contributed by atoms with E-state index < -0.39 is 0 Å². The predicted octanol–water partition coefficient (Wildman–Crippen LogP) is 5.43. The quantitative estimate of drug-likeness (QED) is 0.477. The van der Waals surface area contributed by atoms with Gasteiger partial charge in [0.05, 0.1) is 9.75 Å². The van der Waals surface area contributed by atoms with E-state index in [-0.39, 0.29) is 11.8 Å². The van der Waals surface area contributed by atoms with Crippen molar-refractivity contribution in [2.75, 3.05) is 4.90 Å². The smallest absolute Gasteiger partial charge is 0.267 e. The predicted molar refractivity (Wildman–Crippen MR) is 116 cm³/mol. The van der Waals surface area contributed by atoms with Crippen LogP contribution in [-0.4, -0.2) is 16.8 Å². The van der Waals surface area contributed by atoms with Gasteiger partial charge in [-0.05, 0) is 89.8 Å². The summed E-state index contributed by atoms with van der Waals surface area (Å²) in [6.07, 6.45) is 7.99. The lowest BCUT2D eigenvalue weighted by molar-refractivity contribution is 0.0901. The first-order valence-electron chi connectivity index (χ1n) is 9.33. The SMILES string of the molecule is O=C(c1cc2c(s1)CCC2)N(C(=O)c1cc2c(s1)CCC2)c1ccc(Br)cn1. The first-order valence-corrected chi connectivity index (χ1v) is 11.8. The molecule has 2 aliphatic rings. The molecule has 0 atom stereocenters. The maximum absolute atomic E-state index is 13.4. The molecule has 0 fully saturated rings. The Morgan fingerprint density at radius 3 is 1.93 bits per heavy atom. The molecule has 0 spiro atoms. The molecule has 0 aromatic carbocycles. The Bertz CT molecular complexity index is 977. The van der Waals surface area contributed by atoms with E-state index in [0.29, 0.717) is 15.6 Å². The monoisotopic (exact) mass is 472 g/mol. The summed E-state index contributed by atoms with van der Waals surface area (Å²) in [6.45, 7) is 0. The number of anilines is 1. The van der Waals surface area contributed by atoms with Gasteiger partial charge in [-0.2, -0.15) is 0 Å². The molecule has 0 saturated carbocycles. The van der Waals surface area contributed by atoms with Crippen LogP contribution in [0.1, 0.15) is 53.1 Å². The molecular weight excluding hydrogens is 456 g/mol. The molecule has 28 heavy (non-hydrogen) atoms. The van der Waals surface area contributed by atoms with E-state index in [1.165, 1.54) is 48.5 Å². The lowest BCUT2D eigenvalue weighted by Crippen LogP contribution is -2.37. The molecule has 7 heteroatoms. The second-order valence-corrected chi connectivity index (χ2v) is 10.3. The van der Waals surface area contributed by atoms with Crippen molar-refractivity contribution in [1.82, 2.24) is 4.98 Å². The number of fused-ring (bicyclic) bond motifs is 2. The van der Waals surface area contributed by atoms with Crippen LogP contribution in [0.3, 0.4) is 0 Å². The number of rotatable bonds is 3. The number of nitrogens with zero attached hydrogens (tertiary/aromatic N) is 2. The Hall–Kier alpha value is -1.83. The molecule has 3 aromatic rings. The van der Waals surface area contributed by atoms with Gasteiger partial charge < -0.3 is 0 Å². The number of carbonyl (C=O) groups is 2. The molecule has 0 N–H and O–H groups in total. The van der Waals surface area contributed by atoms with Gasteiger partial charge in [0.25, 0.3) is 11.8 Å². The largest absolute Gasteiger partial charge is 0.276 e. The number of carbonyl (C=O) groups excluding carboxylic acids is 2. The van der Waals surface area contributed by atoms with Gasteiger partial charge in [-0.1, -0.05) is 0 Å². The topological polar surface area (TPSA) is 50.3 Å². The number of pyridine rings is 1. The maximum Gasteiger partial charge on any atom is 0.276 e. The summed E-state index contributed by atoms with van der Waals surface area (Å²) in [4.78, 5) is 36.2. The van der Waals surface area contributed by atoms with Gasteiger partial charge in [-0.3, -0.25) is 9.59 Å². The van der Waals surface area contributed by atoms with E-state index in [9.17, 15) is 9.59 Å². The molecule has 4 nitrogen and oxygen atoms in total. The van der Waals surface area contributed by atoms with Crippen LogP contribution in [0.2, 0.25) is 0 Å². The van der Waals surface area contributed by atoms with Crippen molar-refractivity contribution < 1.29 is 9.59 Å². The van der Waals surface area contributed by atoms with E-state index in [1.54, 1.807) is 18.3 Å². The molecule has 0 aliphatic heterocycles. The molecule has 3 aromatic heterocycles. The number of aromatic nitrogens is 1. The number of imide groups is 1. The van der Waals surface area contributed by atoms with Crippen LogP contribution < -0.4 is 4.90 Å². The van der Waals surface area contributed by atoms with Crippen LogP contribution in [0.4, 0.5) is 5.82 Å². The van der Waals surface area contributed by atoms with Crippen molar-refractivity contribution in [2.45, 2.75) is 38.5 Å². The van der Waals surface area contributed by atoms with E-state index in [2.05, 4.69) is 20.9 Å². The summed E-state index contributed by atoms with van der Waals surface area (Å²) in [5.74, 6) is -0.208. The molecule has 2 amide bonds. The lowest BCUT2D eigenvalue weighted by atomic mass is 10.2. The molecule has 0 radical (unpaired) electrons. The van der Waals surface area contributed by atoms with Gasteiger partial charge in [-0.25, -0.2) is 9.88 Å². The van der Waals surface area contributed by atoms with Gasteiger partial charge in [0.15, 0.2) is 0 Å². The Morgan fingerprint density at radius 1 is 0.893 bits per heavy atom. The Kier molecular flexibility index (Phi) is 4.69. The molecule has 5 rings (SSSR count). The third-order valence-corrected chi connectivity index (χ3v) is 8.18. The third kappa shape index (κ3) is 3.15. The summed E-state index contributed by atoms with van der Waals surface area (Å²) in [7, 11) is 0.